The van der Waals surface area contributed by atoms with Crippen molar-refractivity contribution in [1.82, 2.24) is 10.2 Å². The van der Waals surface area contributed by atoms with E-state index in [0.717, 1.165) is 54.3 Å². The number of piperidine rings is 1. The molecule has 0 amide bonds. The second kappa shape index (κ2) is 9.55. The van der Waals surface area contributed by atoms with Crippen LogP contribution in [0.25, 0.3) is 0 Å². The fourth-order valence-electron chi connectivity index (χ4n) is 3.41. The van der Waals surface area contributed by atoms with Gasteiger partial charge in [0.15, 0.2) is 0 Å². The number of hydrogen-bond acceptors (Lipinski definition) is 3. The lowest BCUT2D eigenvalue weighted by Crippen LogP contribution is -2.44. The molecule has 0 atom stereocenters. The number of hydrogen-bond donors (Lipinski definition) is 1. The first kappa shape index (κ1) is 19.4. The van der Waals surface area contributed by atoms with Crippen LogP contribution in [0.5, 0.6) is 5.75 Å². The third-order valence-corrected chi connectivity index (χ3v) is 5.20. The summed E-state index contributed by atoms with van der Waals surface area (Å²) in [4.78, 5) is 3.25. The Morgan fingerprint density at radius 1 is 1.22 bits per heavy atom. The minimum atomic E-state index is 0.247. The topological polar surface area (TPSA) is 24.5 Å². The molecule has 2 aromatic rings. The molecule has 1 heterocycles. The van der Waals surface area contributed by atoms with E-state index in [1.54, 1.807) is 0 Å². The van der Waals surface area contributed by atoms with Gasteiger partial charge in [-0.15, -0.1) is 6.42 Å². The van der Waals surface area contributed by atoms with Crippen molar-refractivity contribution in [2.24, 2.45) is 0 Å². The summed E-state index contributed by atoms with van der Waals surface area (Å²) in [5.74, 6) is 3.26. The Balaban J connectivity index is 1.55. The Morgan fingerprint density at radius 2 is 1.96 bits per heavy atom. The van der Waals surface area contributed by atoms with Crippen LogP contribution >= 0.6 is 12.2 Å². The molecule has 1 saturated heterocycles. The van der Waals surface area contributed by atoms with Gasteiger partial charge in [0.1, 0.15) is 17.3 Å². The molecule has 1 N–H and O–H groups in total. The molecule has 0 aromatic heterocycles. The van der Waals surface area contributed by atoms with E-state index in [9.17, 15) is 0 Å². The van der Waals surface area contributed by atoms with Crippen LogP contribution in [-0.4, -0.2) is 35.6 Å². The molecule has 27 heavy (non-hydrogen) atoms. The van der Waals surface area contributed by atoms with Gasteiger partial charge in [0.25, 0.3) is 0 Å². The molecule has 0 radical (unpaired) electrons. The first-order chi connectivity index (χ1) is 13.2. The molecule has 1 aliphatic rings. The van der Waals surface area contributed by atoms with Crippen molar-refractivity contribution >= 4 is 17.2 Å². The van der Waals surface area contributed by atoms with Crippen LogP contribution in [0.2, 0.25) is 0 Å². The van der Waals surface area contributed by atoms with Gasteiger partial charge in [0, 0.05) is 25.7 Å². The van der Waals surface area contributed by atoms with Gasteiger partial charge in [-0.2, -0.15) is 0 Å². The van der Waals surface area contributed by atoms with Crippen molar-refractivity contribution in [3.05, 3.63) is 65.2 Å². The molecule has 0 spiro atoms. The number of benzene rings is 2. The quantitative estimate of drug-likeness (QED) is 0.608. The summed E-state index contributed by atoms with van der Waals surface area (Å²) >= 11 is 5.68. The van der Waals surface area contributed by atoms with E-state index in [1.165, 1.54) is 5.56 Å². The van der Waals surface area contributed by atoms with E-state index >= 15 is 0 Å². The second-order valence-corrected chi connectivity index (χ2v) is 7.41. The van der Waals surface area contributed by atoms with Gasteiger partial charge in [-0.05, 0) is 37.5 Å². The Kier molecular flexibility index (Phi) is 6.86. The maximum atomic E-state index is 5.68. The molecule has 0 saturated carbocycles. The second-order valence-electron chi connectivity index (χ2n) is 7.00. The predicted molar refractivity (Wildman–Crippen MR) is 115 cm³/mol. The highest BCUT2D eigenvalue weighted by Crippen LogP contribution is 2.22. The molecule has 1 aliphatic heterocycles. The van der Waals surface area contributed by atoms with Crippen molar-refractivity contribution in [2.45, 2.75) is 32.4 Å². The molecule has 1 fully saturated rings. The molecule has 2 aromatic carbocycles. The first-order valence-electron chi connectivity index (χ1n) is 9.40. The SMILES string of the molecule is C#CCOc1ccc(C)cc1C(=S)NC1CCN(Cc2ccccc2)CC1. The Bertz CT molecular complexity index is 805. The third kappa shape index (κ3) is 5.56. The molecular formula is C23H26N2OS. The number of likely N-dealkylation sites (tertiary alicyclic amines) is 1. The molecule has 0 bridgehead atoms. The number of rotatable bonds is 6. The van der Waals surface area contributed by atoms with Crippen LogP contribution in [0.3, 0.4) is 0 Å². The lowest BCUT2D eigenvalue weighted by atomic mass is 10.0. The van der Waals surface area contributed by atoms with Gasteiger partial charge >= 0.3 is 0 Å². The highest BCUT2D eigenvalue weighted by molar-refractivity contribution is 7.80. The van der Waals surface area contributed by atoms with E-state index in [-0.39, 0.29) is 6.61 Å². The summed E-state index contributed by atoms with van der Waals surface area (Å²) in [5, 5.41) is 3.54. The fourth-order valence-corrected chi connectivity index (χ4v) is 3.73. The number of aryl methyl sites for hydroxylation is 1. The molecule has 0 aliphatic carbocycles. The van der Waals surface area contributed by atoms with Crippen molar-refractivity contribution in [1.29, 1.82) is 0 Å². The zero-order chi connectivity index (χ0) is 19.1. The van der Waals surface area contributed by atoms with Gasteiger partial charge in [-0.3, -0.25) is 4.90 Å². The molecule has 140 valence electrons. The van der Waals surface area contributed by atoms with Gasteiger partial charge in [0.2, 0.25) is 0 Å². The Hall–Kier alpha value is -2.35. The van der Waals surface area contributed by atoms with Crippen LogP contribution in [0.4, 0.5) is 0 Å². The molecule has 4 heteroatoms. The Morgan fingerprint density at radius 3 is 2.67 bits per heavy atom. The molecular weight excluding hydrogens is 352 g/mol. The summed E-state index contributed by atoms with van der Waals surface area (Å²) < 4.78 is 5.66. The van der Waals surface area contributed by atoms with Crippen LogP contribution in [0.15, 0.2) is 48.5 Å². The van der Waals surface area contributed by atoms with E-state index in [4.69, 9.17) is 23.4 Å². The number of thiocarbonyl (C=S) groups is 1. The normalized spacial score (nSPS) is 15.1. The summed E-state index contributed by atoms with van der Waals surface area (Å²) in [6, 6.07) is 17.1. The Labute approximate surface area is 167 Å². The molecule has 3 nitrogen and oxygen atoms in total. The summed E-state index contributed by atoms with van der Waals surface area (Å²) in [6.45, 7) is 5.46. The zero-order valence-corrected chi connectivity index (χ0v) is 16.6. The lowest BCUT2D eigenvalue weighted by molar-refractivity contribution is 0.199. The minimum Gasteiger partial charge on any atom is -0.480 e. The lowest BCUT2D eigenvalue weighted by Gasteiger charge is -2.33. The van der Waals surface area contributed by atoms with Crippen molar-refractivity contribution in [3.63, 3.8) is 0 Å². The van der Waals surface area contributed by atoms with Gasteiger partial charge < -0.3 is 10.1 Å². The predicted octanol–water partition coefficient (Wildman–Crippen LogP) is 3.94. The van der Waals surface area contributed by atoms with E-state index in [2.05, 4.69) is 59.5 Å². The largest absolute Gasteiger partial charge is 0.480 e. The molecule has 3 rings (SSSR count). The average Bonchev–Trinajstić information content (AvgIpc) is 2.69. The summed E-state index contributed by atoms with van der Waals surface area (Å²) in [7, 11) is 0. The average molecular weight is 379 g/mol. The summed E-state index contributed by atoms with van der Waals surface area (Å²) in [5.41, 5.74) is 3.45. The van der Waals surface area contributed by atoms with E-state index < -0.39 is 0 Å². The highest BCUT2D eigenvalue weighted by atomic mass is 32.1. The van der Waals surface area contributed by atoms with Gasteiger partial charge in [0.05, 0.1) is 5.56 Å². The highest BCUT2D eigenvalue weighted by Gasteiger charge is 2.21. The van der Waals surface area contributed by atoms with Crippen LogP contribution < -0.4 is 10.1 Å². The van der Waals surface area contributed by atoms with Crippen LogP contribution in [-0.2, 0) is 6.54 Å². The van der Waals surface area contributed by atoms with E-state index in [1.807, 2.05) is 12.1 Å². The number of ether oxygens (including phenoxy) is 1. The first-order valence-corrected chi connectivity index (χ1v) is 9.80. The number of nitrogens with zero attached hydrogens (tertiary/aromatic N) is 1. The van der Waals surface area contributed by atoms with E-state index in [0.29, 0.717) is 6.04 Å². The van der Waals surface area contributed by atoms with Crippen LogP contribution in [0, 0.1) is 19.3 Å². The summed E-state index contributed by atoms with van der Waals surface area (Å²) in [6.07, 6.45) is 7.49. The molecule has 0 unspecified atom stereocenters. The van der Waals surface area contributed by atoms with Crippen molar-refractivity contribution < 1.29 is 4.74 Å². The monoisotopic (exact) mass is 378 g/mol. The zero-order valence-electron chi connectivity index (χ0n) is 15.8. The van der Waals surface area contributed by atoms with Crippen LogP contribution in [0.1, 0.15) is 29.5 Å². The standard InChI is InChI=1S/C23H26N2OS/c1-3-15-26-22-10-9-18(2)16-21(22)23(27)24-20-11-13-25(14-12-20)17-19-7-5-4-6-8-19/h1,4-10,16,20H,11-15,17H2,2H3,(H,24,27). The number of terminal acetylenes is 1. The minimum absolute atomic E-state index is 0.247. The van der Waals surface area contributed by atoms with Crippen molar-refractivity contribution in [2.75, 3.05) is 19.7 Å². The van der Waals surface area contributed by atoms with Gasteiger partial charge in [-0.1, -0.05) is 60.1 Å². The third-order valence-electron chi connectivity index (χ3n) is 4.86. The van der Waals surface area contributed by atoms with Crippen molar-refractivity contribution in [3.8, 4) is 18.1 Å². The maximum absolute atomic E-state index is 5.68. The maximum Gasteiger partial charge on any atom is 0.148 e. The van der Waals surface area contributed by atoms with Gasteiger partial charge in [-0.25, -0.2) is 0 Å². The smallest absolute Gasteiger partial charge is 0.148 e. The fraction of sp³-hybridized carbons (Fsp3) is 0.348. The number of nitrogens with one attached hydrogen (secondary N) is 1.